The largest absolute Gasteiger partial charge is 0.350 e. The number of aryl methyl sites for hydroxylation is 1. The molecule has 2 N–H and O–H groups in total. The van der Waals surface area contributed by atoms with Gasteiger partial charge < -0.3 is 10.6 Å². The Kier molecular flexibility index (Phi) is 9.28. The van der Waals surface area contributed by atoms with Crippen LogP contribution in [0.25, 0.3) is 11.3 Å². The smallest absolute Gasteiger partial charge is 0.253 e. The zero-order valence-corrected chi connectivity index (χ0v) is 15.2. The molecule has 2 heterocycles. The van der Waals surface area contributed by atoms with Gasteiger partial charge in [-0.3, -0.25) is 9.78 Å². The average Bonchev–Trinajstić information content (AvgIpc) is 2.98. The molecule has 122 valence electrons. The molecule has 0 aliphatic heterocycles. The highest BCUT2D eigenvalue weighted by molar-refractivity contribution is 7.08. The molecule has 0 saturated carbocycles. The molecule has 0 aliphatic carbocycles. The van der Waals surface area contributed by atoms with Gasteiger partial charge in [0.05, 0.1) is 17.0 Å². The summed E-state index contributed by atoms with van der Waals surface area (Å²) in [5, 5.41) is 10.1. The lowest BCUT2D eigenvalue weighted by Gasteiger charge is -2.12. The number of halogens is 2. The summed E-state index contributed by atoms with van der Waals surface area (Å²) in [6.45, 7) is 4.48. The summed E-state index contributed by atoms with van der Waals surface area (Å²) in [6, 6.07) is 6.01. The molecule has 1 amide bonds. The molecule has 22 heavy (non-hydrogen) atoms. The third-order valence-corrected chi connectivity index (χ3v) is 3.89. The van der Waals surface area contributed by atoms with Gasteiger partial charge in [0.2, 0.25) is 0 Å². The van der Waals surface area contributed by atoms with E-state index < -0.39 is 0 Å². The molecular formula is C15H21Cl2N3OS. The summed E-state index contributed by atoms with van der Waals surface area (Å²) in [6.07, 6.45) is 0. The first kappa shape index (κ1) is 20.9. The van der Waals surface area contributed by atoms with Crippen LogP contribution in [0.5, 0.6) is 0 Å². The van der Waals surface area contributed by atoms with Crippen LogP contribution in [0.1, 0.15) is 23.0 Å². The lowest BCUT2D eigenvalue weighted by Crippen LogP contribution is -2.37. The van der Waals surface area contributed by atoms with E-state index in [1.54, 1.807) is 11.3 Å². The number of carbonyl (C=O) groups excluding carboxylic acids is 1. The normalized spacial score (nSPS) is 11.0. The number of hydrogen-bond donors (Lipinski definition) is 2. The van der Waals surface area contributed by atoms with Crippen LogP contribution >= 0.6 is 36.2 Å². The second kappa shape index (κ2) is 9.79. The minimum atomic E-state index is -0.0750. The highest BCUT2D eigenvalue weighted by Gasteiger charge is 2.12. The molecule has 1 unspecified atom stereocenters. The molecule has 0 bridgehead atoms. The first-order chi connectivity index (χ1) is 9.61. The maximum Gasteiger partial charge on any atom is 0.253 e. The van der Waals surface area contributed by atoms with Gasteiger partial charge in [0, 0.05) is 23.5 Å². The van der Waals surface area contributed by atoms with Crippen molar-refractivity contribution in [2.45, 2.75) is 19.9 Å². The monoisotopic (exact) mass is 361 g/mol. The SMILES string of the molecule is CNC(C)CNC(=O)c1ccc(-c2ccsc2)nc1C.Cl.Cl. The van der Waals surface area contributed by atoms with Crippen molar-refractivity contribution < 1.29 is 4.79 Å². The minimum Gasteiger partial charge on any atom is -0.350 e. The van der Waals surface area contributed by atoms with Crippen molar-refractivity contribution in [2.24, 2.45) is 0 Å². The quantitative estimate of drug-likeness (QED) is 0.858. The number of aromatic nitrogens is 1. The fourth-order valence-electron chi connectivity index (χ4n) is 1.82. The standard InChI is InChI=1S/C15H19N3OS.2ClH/c1-10(16-3)8-17-15(19)13-4-5-14(18-11(13)2)12-6-7-20-9-12;;/h4-7,9-10,16H,8H2,1-3H3,(H,17,19);2*1H. The van der Waals surface area contributed by atoms with Crippen LogP contribution in [-0.4, -0.2) is 30.5 Å². The van der Waals surface area contributed by atoms with E-state index in [0.717, 1.165) is 17.0 Å². The van der Waals surface area contributed by atoms with Gasteiger partial charge in [0.25, 0.3) is 5.91 Å². The number of rotatable bonds is 5. The van der Waals surface area contributed by atoms with Gasteiger partial charge in [0.1, 0.15) is 0 Å². The van der Waals surface area contributed by atoms with Crippen LogP contribution < -0.4 is 10.6 Å². The molecule has 2 aromatic rings. The van der Waals surface area contributed by atoms with Crippen molar-refractivity contribution in [2.75, 3.05) is 13.6 Å². The third kappa shape index (κ3) is 5.25. The second-order valence-corrected chi connectivity index (χ2v) is 5.52. The molecule has 2 aromatic heterocycles. The summed E-state index contributed by atoms with van der Waals surface area (Å²) < 4.78 is 0. The van der Waals surface area contributed by atoms with E-state index in [0.29, 0.717) is 12.1 Å². The Hall–Kier alpha value is -1.14. The van der Waals surface area contributed by atoms with Gasteiger partial charge in [-0.2, -0.15) is 11.3 Å². The summed E-state index contributed by atoms with van der Waals surface area (Å²) in [7, 11) is 1.87. The lowest BCUT2D eigenvalue weighted by molar-refractivity contribution is 0.0949. The van der Waals surface area contributed by atoms with Crippen LogP contribution in [0.4, 0.5) is 0 Å². The number of nitrogens with zero attached hydrogens (tertiary/aromatic N) is 1. The predicted octanol–water partition coefficient (Wildman–Crippen LogP) is 3.30. The van der Waals surface area contributed by atoms with Gasteiger partial charge in [0.15, 0.2) is 0 Å². The van der Waals surface area contributed by atoms with E-state index in [-0.39, 0.29) is 36.8 Å². The molecule has 0 saturated heterocycles. The third-order valence-electron chi connectivity index (χ3n) is 3.21. The number of carbonyl (C=O) groups is 1. The number of hydrogen-bond acceptors (Lipinski definition) is 4. The van der Waals surface area contributed by atoms with Gasteiger partial charge in [-0.25, -0.2) is 0 Å². The molecule has 0 fully saturated rings. The van der Waals surface area contributed by atoms with E-state index >= 15 is 0 Å². The summed E-state index contributed by atoms with van der Waals surface area (Å²) >= 11 is 1.64. The Balaban J connectivity index is 0.00000220. The van der Waals surface area contributed by atoms with Crippen molar-refractivity contribution in [3.05, 3.63) is 40.2 Å². The summed E-state index contributed by atoms with van der Waals surface area (Å²) in [5.74, 6) is -0.0750. The van der Waals surface area contributed by atoms with E-state index in [9.17, 15) is 4.79 Å². The molecule has 0 spiro atoms. The van der Waals surface area contributed by atoms with Crippen molar-refractivity contribution in [1.82, 2.24) is 15.6 Å². The molecule has 0 radical (unpaired) electrons. The van der Waals surface area contributed by atoms with Gasteiger partial charge >= 0.3 is 0 Å². The zero-order valence-electron chi connectivity index (χ0n) is 12.8. The van der Waals surface area contributed by atoms with Gasteiger partial charge in [-0.15, -0.1) is 24.8 Å². The van der Waals surface area contributed by atoms with E-state index in [1.165, 1.54) is 0 Å². The molecule has 1 atom stereocenters. The Morgan fingerprint density at radius 2 is 2.05 bits per heavy atom. The molecular weight excluding hydrogens is 341 g/mol. The lowest BCUT2D eigenvalue weighted by atomic mass is 10.1. The first-order valence-electron chi connectivity index (χ1n) is 6.57. The van der Waals surface area contributed by atoms with Crippen LogP contribution in [0.3, 0.4) is 0 Å². The predicted molar refractivity (Wildman–Crippen MR) is 97.6 cm³/mol. The Bertz CT molecular complexity index is 590. The average molecular weight is 362 g/mol. The number of likely N-dealkylation sites (N-methyl/N-ethyl adjacent to an activating group) is 1. The summed E-state index contributed by atoms with van der Waals surface area (Å²) in [4.78, 5) is 16.6. The Labute approximate surface area is 147 Å². The molecule has 0 aromatic carbocycles. The number of pyridine rings is 1. The summed E-state index contributed by atoms with van der Waals surface area (Å²) in [5.41, 5.74) is 3.38. The number of thiophene rings is 1. The van der Waals surface area contributed by atoms with Gasteiger partial charge in [-0.1, -0.05) is 0 Å². The number of amides is 1. The van der Waals surface area contributed by atoms with Crippen LogP contribution in [0.2, 0.25) is 0 Å². The minimum absolute atomic E-state index is 0. The van der Waals surface area contributed by atoms with Crippen molar-refractivity contribution in [1.29, 1.82) is 0 Å². The van der Waals surface area contributed by atoms with Crippen LogP contribution in [0, 0.1) is 6.92 Å². The number of nitrogens with one attached hydrogen (secondary N) is 2. The van der Waals surface area contributed by atoms with Crippen LogP contribution in [0.15, 0.2) is 29.0 Å². The van der Waals surface area contributed by atoms with Crippen molar-refractivity contribution >= 4 is 42.1 Å². The fraction of sp³-hybridized carbons (Fsp3) is 0.333. The van der Waals surface area contributed by atoms with Crippen molar-refractivity contribution in [3.63, 3.8) is 0 Å². The topological polar surface area (TPSA) is 54.0 Å². The maximum absolute atomic E-state index is 12.1. The molecule has 0 aliphatic rings. The van der Waals surface area contributed by atoms with E-state index in [2.05, 4.69) is 21.0 Å². The van der Waals surface area contributed by atoms with E-state index in [1.807, 2.05) is 44.5 Å². The Morgan fingerprint density at radius 3 is 2.59 bits per heavy atom. The highest BCUT2D eigenvalue weighted by atomic mass is 35.5. The second-order valence-electron chi connectivity index (χ2n) is 4.74. The highest BCUT2D eigenvalue weighted by Crippen LogP contribution is 2.21. The van der Waals surface area contributed by atoms with E-state index in [4.69, 9.17) is 0 Å². The maximum atomic E-state index is 12.1. The Morgan fingerprint density at radius 1 is 1.32 bits per heavy atom. The first-order valence-corrected chi connectivity index (χ1v) is 7.51. The zero-order chi connectivity index (χ0) is 14.5. The van der Waals surface area contributed by atoms with Crippen molar-refractivity contribution in [3.8, 4) is 11.3 Å². The van der Waals surface area contributed by atoms with Crippen LogP contribution in [-0.2, 0) is 0 Å². The molecule has 4 nitrogen and oxygen atoms in total. The molecule has 2 rings (SSSR count). The fourth-order valence-corrected chi connectivity index (χ4v) is 2.46. The molecule has 7 heteroatoms. The van der Waals surface area contributed by atoms with Gasteiger partial charge in [-0.05, 0) is 44.5 Å².